The first-order valence-electron chi connectivity index (χ1n) is 13.1. The van der Waals surface area contributed by atoms with Gasteiger partial charge in [-0.2, -0.15) is 0 Å². The summed E-state index contributed by atoms with van der Waals surface area (Å²) < 4.78 is 17.9. The molecule has 4 rings (SSSR count). The van der Waals surface area contributed by atoms with E-state index in [1.807, 2.05) is 60.6 Å². The Balaban J connectivity index is 1.60. The Morgan fingerprint density at radius 2 is 1.74 bits per heavy atom. The van der Waals surface area contributed by atoms with Gasteiger partial charge in [-0.3, -0.25) is 9.69 Å². The fourth-order valence-electron chi connectivity index (χ4n) is 4.55. The molecule has 0 N–H and O–H groups in total. The topological polar surface area (TPSA) is 81.2 Å². The molecule has 1 aromatic carbocycles. The van der Waals surface area contributed by atoms with Crippen LogP contribution in [0.25, 0.3) is 0 Å². The fourth-order valence-corrected chi connectivity index (χ4v) is 4.76. The van der Waals surface area contributed by atoms with Crippen LogP contribution < -0.4 is 10.4 Å². The molecule has 0 aliphatic carbocycles. The summed E-state index contributed by atoms with van der Waals surface area (Å²) in [5.74, 6) is 0.118. The van der Waals surface area contributed by atoms with Gasteiger partial charge in [-0.05, 0) is 91.0 Å². The Hall–Kier alpha value is -2.62. The van der Waals surface area contributed by atoms with E-state index >= 15 is 0 Å². The number of piperidine rings is 1. The summed E-state index contributed by atoms with van der Waals surface area (Å²) in [5.41, 5.74) is -0.222. The molecular formula is C28H37BClN3O5. The van der Waals surface area contributed by atoms with Gasteiger partial charge in [0, 0.05) is 24.8 Å². The first-order chi connectivity index (χ1) is 17.7. The normalized spacial score (nSPS) is 20.8. The number of nitrogens with zero attached hydrogens (tertiary/aromatic N) is 3. The van der Waals surface area contributed by atoms with E-state index in [0.717, 1.165) is 11.9 Å². The largest absolute Gasteiger partial charge is 0.494 e. The van der Waals surface area contributed by atoms with Gasteiger partial charge >= 0.3 is 13.2 Å². The number of pyridine rings is 1. The van der Waals surface area contributed by atoms with Gasteiger partial charge in [0.2, 0.25) is 0 Å². The lowest BCUT2D eigenvalue weighted by Gasteiger charge is -2.39. The van der Waals surface area contributed by atoms with E-state index in [1.165, 1.54) is 0 Å². The quantitative estimate of drug-likeness (QED) is 0.502. The maximum atomic E-state index is 14.0. The molecule has 0 unspecified atom stereocenters. The van der Waals surface area contributed by atoms with Crippen molar-refractivity contribution in [2.24, 2.45) is 0 Å². The van der Waals surface area contributed by atoms with Crippen molar-refractivity contribution in [1.29, 1.82) is 0 Å². The molecule has 0 radical (unpaired) electrons. The summed E-state index contributed by atoms with van der Waals surface area (Å²) in [6.45, 7) is 14.4. The molecule has 2 aliphatic rings. The monoisotopic (exact) mass is 541 g/mol. The number of hydrogen-bond acceptors (Lipinski definition) is 6. The van der Waals surface area contributed by atoms with Crippen LogP contribution in [0, 0.1) is 0 Å². The van der Waals surface area contributed by atoms with Crippen LogP contribution in [-0.4, -0.2) is 64.9 Å². The van der Waals surface area contributed by atoms with Crippen molar-refractivity contribution in [1.82, 2.24) is 9.88 Å². The first-order valence-corrected chi connectivity index (χ1v) is 13.4. The second-order valence-electron chi connectivity index (χ2n) is 11.9. The lowest BCUT2D eigenvalue weighted by molar-refractivity contribution is 0.00578. The fraction of sp³-hybridized carbons (Fsp3) is 0.536. The summed E-state index contributed by atoms with van der Waals surface area (Å²) in [4.78, 5) is 34.5. The van der Waals surface area contributed by atoms with Crippen molar-refractivity contribution in [2.45, 2.75) is 84.2 Å². The maximum Gasteiger partial charge on any atom is 0.494 e. The molecule has 2 aromatic rings. The van der Waals surface area contributed by atoms with E-state index in [4.69, 9.17) is 25.6 Å². The van der Waals surface area contributed by atoms with Crippen molar-refractivity contribution >= 4 is 42.0 Å². The van der Waals surface area contributed by atoms with Crippen LogP contribution >= 0.6 is 11.6 Å². The summed E-state index contributed by atoms with van der Waals surface area (Å²) in [6.07, 6.45) is 2.63. The number of carbonyl (C=O) groups excluding carboxylic acids is 2. The SMILES string of the molecule is CC(C)(C)OC(=O)N1CCC[C@@H](N(C(=O)c2ccc(B3OC(C)(C)C(C)(C)O3)cc2)c2ncccc2Cl)C1. The standard InChI is InChI=1S/C28H37BClN3O5/c1-26(2,3)36-25(35)32-17-9-10-21(18-32)33(23-22(30)11-8-16-31-23)24(34)19-12-14-20(15-13-19)29-37-27(4,5)28(6,7)38-29/h8,11-16,21H,9-10,17-18H2,1-7H3/t21-/m1/s1. The van der Waals surface area contributed by atoms with Crippen LogP contribution in [-0.2, 0) is 14.0 Å². The minimum Gasteiger partial charge on any atom is -0.444 e. The van der Waals surface area contributed by atoms with Gasteiger partial charge in [0.1, 0.15) is 5.60 Å². The maximum absolute atomic E-state index is 14.0. The third-order valence-corrected chi connectivity index (χ3v) is 7.58. The average Bonchev–Trinajstić information content (AvgIpc) is 3.06. The van der Waals surface area contributed by atoms with Gasteiger partial charge in [0.25, 0.3) is 5.91 Å². The zero-order valence-corrected chi connectivity index (χ0v) is 24.0. The van der Waals surface area contributed by atoms with Crippen LogP contribution in [0.1, 0.15) is 71.7 Å². The number of hydrogen-bond donors (Lipinski definition) is 0. The van der Waals surface area contributed by atoms with E-state index in [9.17, 15) is 9.59 Å². The molecule has 8 nitrogen and oxygen atoms in total. The highest BCUT2D eigenvalue weighted by atomic mass is 35.5. The molecule has 0 saturated carbocycles. The molecule has 10 heteroatoms. The minimum absolute atomic E-state index is 0.248. The van der Waals surface area contributed by atoms with E-state index in [2.05, 4.69) is 4.98 Å². The van der Waals surface area contributed by atoms with Gasteiger partial charge in [-0.1, -0.05) is 23.7 Å². The molecule has 204 valence electrons. The van der Waals surface area contributed by atoms with Crippen LogP contribution in [0.2, 0.25) is 5.02 Å². The second-order valence-corrected chi connectivity index (χ2v) is 12.3. The van der Waals surface area contributed by atoms with Gasteiger partial charge in [-0.25, -0.2) is 9.78 Å². The molecular weight excluding hydrogens is 505 g/mol. The lowest BCUT2D eigenvalue weighted by Crippen LogP contribution is -2.53. The number of amides is 2. The Morgan fingerprint density at radius 3 is 2.32 bits per heavy atom. The van der Waals surface area contributed by atoms with Crippen molar-refractivity contribution in [3.63, 3.8) is 0 Å². The molecule has 0 spiro atoms. The van der Waals surface area contributed by atoms with Gasteiger partial charge in [-0.15, -0.1) is 0 Å². The summed E-state index contributed by atoms with van der Waals surface area (Å²) in [6, 6.07) is 10.3. The van der Waals surface area contributed by atoms with E-state index in [1.54, 1.807) is 40.3 Å². The number of benzene rings is 1. The zero-order chi connectivity index (χ0) is 27.9. The molecule has 2 aliphatic heterocycles. The van der Waals surface area contributed by atoms with Crippen molar-refractivity contribution in [2.75, 3.05) is 18.0 Å². The van der Waals surface area contributed by atoms with Gasteiger partial charge in [0.05, 0.1) is 22.3 Å². The molecule has 2 amide bonds. The Kier molecular flexibility index (Phi) is 7.85. The molecule has 2 saturated heterocycles. The molecule has 2 fully saturated rings. The molecule has 0 bridgehead atoms. The van der Waals surface area contributed by atoms with Crippen molar-refractivity contribution < 1.29 is 23.6 Å². The molecule has 1 aromatic heterocycles. The average molecular weight is 542 g/mol. The Labute approximate surface area is 230 Å². The van der Waals surface area contributed by atoms with Crippen LogP contribution in [0.15, 0.2) is 42.6 Å². The van der Waals surface area contributed by atoms with Crippen molar-refractivity contribution in [3.8, 4) is 0 Å². The van der Waals surface area contributed by atoms with E-state index < -0.39 is 30.0 Å². The van der Waals surface area contributed by atoms with E-state index in [-0.39, 0.29) is 11.9 Å². The number of likely N-dealkylation sites (tertiary alicyclic amines) is 1. The summed E-state index contributed by atoms with van der Waals surface area (Å²) >= 11 is 6.53. The predicted octanol–water partition coefficient (Wildman–Crippen LogP) is 5.08. The Bertz CT molecular complexity index is 1170. The smallest absolute Gasteiger partial charge is 0.444 e. The summed E-state index contributed by atoms with van der Waals surface area (Å²) in [5, 5.41) is 0.365. The number of carbonyl (C=O) groups is 2. The zero-order valence-electron chi connectivity index (χ0n) is 23.3. The number of aromatic nitrogens is 1. The van der Waals surface area contributed by atoms with Crippen LogP contribution in [0.4, 0.5) is 10.6 Å². The number of halogens is 1. The highest BCUT2D eigenvalue weighted by Gasteiger charge is 2.51. The van der Waals surface area contributed by atoms with Crippen LogP contribution in [0.5, 0.6) is 0 Å². The molecule has 38 heavy (non-hydrogen) atoms. The van der Waals surface area contributed by atoms with Crippen molar-refractivity contribution in [3.05, 3.63) is 53.2 Å². The second kappa shape index (κ2) is 10.5. The van der Waals surface area contributed by atoms with Gasteiger partial charge in [0.15, 0.2) is 5.82 Å². The highest BCUT2D eigenvalue weighted by Crippen LogP contribution is 2.36. The van der Waals surface area contributed by atoms with E-state index in [0.29, 0.717) is 35.9 Å². The molecule has 1 atom stereocenters. The Morgan fingerprint density at radius 1 is 1.11 bits per heavy atom. The summed E-state index contributed by atoms with van der Waals surface area (Å²) in [7, 11) is -0.522. The first kappa shape index (κ1) is 28.4. The minimum atomic E-state index is -0.608. The lowest BCUT2D eigenvalue weighted by atomic mass is 9.79. The number of rotatable bonds is 4. The highest BCUT2D eigenvalue weighted by molar-refractivity contribution is 6.62. The van der Waals surface area contributed by atoms with Crippen LogP contribution in [0.3, 0.4) is 0 Å². The molecule has 3 heterocycles. The van der Waals surface area contributed by atoms with Gasteiger partial charge < -0.3 is 18.9 Å². The third kappa shape index (κ3) is 6.00. The third-order valence-electron chi connectivity index (χ3n) is 7.28. The number of anilines is 1. The predicted molar refractivity (Wildman–Crippen MR) is 149 cm³/mol. The number of ether oxygens (including phenoxy) is 1.